The minimum Gasteiger partial charge on any atom is -0.398 e. The van der Waals surface area contributed by atoms with Crippen molar-refractivity contribution in [2.45, 2.75) is 33.1 Å². The van der Waals surface area contributed by atoms with Crippen LogP contribution in [-0.2, 0) is 6.42 Å². The van der Waals surface area contributed by atoms with Gasteiger partial charge in [0.15, 0.2) is 0 Å². The summed E-state index contributed by atoms with van der Waals surface area (Å²) in [6, 6.07) is 15.7. The molecular weight excluding hydrogens is 232 g/mol. The van der Waals surface area contributed by atoms with E-state index in [-0.39, 0.29) is 0 Å². The van der Waals surface area contributed by atoms with Gasteiger partial charge in [-0.2, -0.15) is 0 Å². The van der Waals surface area contributed by atoms with E-state index >= 15 is 0 Å². The summed E-state index contributed by atoms with van der Waals surface area (Å²) in [5.74, 6) is 0. The van der Waals surface area contributed by atoms with Gasteiger partial charge in [-0.05, 0) is 23.3 Å². The van der Waals surface area contributed by atoms with E-state index in [1.165, 1.54) is 12.8 Å². The highest BCUT2D eigenvalue weighted by Crippen LogP contribution is 2.19. The molecular formula is C17H24N2. The summed E-state index contributed by atoms with van der Waals surface area (Å²) in [7, 11) is 0. The number of hydrogen-bond acceptors (Lipinski definition) is 2. The molecule has 0 unspecified atom stereocenters. The van der Waals surface area contributed by atoms with Crippen LogP contribution >= 0.6 is 0 Å². The minimum atomic E-state index is 0.791. The molecule has 0 spiro atoms. The second-order valence-electron chi connectivity index (χ2n) is 4.57. The van der Waals surface area contributed by atoms with E-state index in [1.807, 2.05) is 48.5 Å². The number of unbranched alkanes of at least 4 members (excludes halogenated alkanes) is 1. The van der Waals surface area contributed by atoms with Gasteiger partial charge in [0.1, 0.15) is 0 Å². The smallest absolute Gasteiger partial charge is 0.0349 e. The molecule has 0 aliphatic rings. The van der Waals surface area contributed by atoms with E-state index in [9.17, 15) is 0 Å². The summed E-state index contributed by atoms with van der Waals surface area (Å²) in [6.45, 7) is 4.36. The van der Waals surface area contributed by atoms with Crippen molar-refractivity contribution in [3.05, 3.63) is 59.7 Å². The lowest BCUT2D eigenvalue weighted by Gasteiger charge is -2.07. The highest BCUT2D eigenvalue weighted by molar-refractivity contribution is 5.53. The number of anilines is 2. The molecule has 0 aromatic heterocycles. The summed E-state index contributed by atoms with van der Waals surface area (Å²) in [5.41, 5.74) is 15.6. The van der Waals surface area contributed by atoms with Crippen molar-refractivity contribution in [1.82, 2.24) is 0 Å². The molecule has 0 atom stereocenters. The summed E-state index contributed by atoms with van der Waals surface area (Å²) in [5, 5.41) is 0. The van der Waals surface area contributed by atoms with Crippen molar-refractivity contribution in [2.75, 3.05) is 11.5 Å². The number of rotatable bonds is 3. The quantitative estimate of drug-likeness (QED) is 0.807. The SMILES string of the molecule is CCCC.Nc1ccccc1Cc1ccccc1N. The zero-order valence-corrected chi connectivity index (χ0v) is 11.9. The van der Waals surface area contributed by atoms with E-state index in [2.05, 4.69) is 13.8 Å². The van der Waals surface area contributed by atoms with E-state index in [0.717, 1.165) is 28.9 Å². The number of benzene rings is 2. The highest BCUT2D eigenvalue weighted by atomic mass is 14.6. The van der Waals surface area contributed by atoms with E-state index in [0.29, 0.717) is 0 Å². The fraction of sp³-hybridized carbons (Fsp3) is 0.294. The molecule has 2 nitrogen and oxygen atoms in total. The van der Waals surface area contributed by atoms with Crippen molar-refractivity contribution < 1.29 is 0 Å². The molecule has 0 radical (unpaired) electrons. The second kappa shape index (κ2) is 8.20. The lowest BCUT2D eigenvalue weighted by Crippen LogP contribution is -1.98. The van der Waals surface area contributed by atoms with Gasteiger partial charge >= 0.3 is 0 Å². The molecule has 0 bridgehead atoms. The molecule has 4 N–H and O–H groups in total. The maximum atomic E-state index is 5.88. The fourth-order valence-corrected chi connectivity index (χ4v) is 1.60. The number of nitrogen functional groups attached to an aromatic ring is 2. The first-order chi connectivity index (χ1) is 9.19. The maximum Gasteiger partial charge on any atom is 0.0349 e. The van der Waals surface area contributed by atoms with Gasteiger partial charge in [0.05, 0.1) is 0 Å². The Morgan fingerprint density at radius 3 is 1.37 bits per heavy atom. The van der Waals surface area contributed by atoms with E-state index < -0.39 is 0 Å². The van der Waals surface area contributed by atoms with Gasteiger partial charge in [0.25, 0.3) is 0 Å². The van der Waals surface area contributed by atoms with Crippen molar-refractivity contribution in [3.63, 3.8) is 0 Å². The van der Waals surface area contributed by atoms with Gasteiger partial charge in [-0.1, -0.05) is 63.1 Å². The third-order valence-electron chi connectivity index (χ3n) is 2.99. The third-order valence-corrected chi connectivity index (χ3v) is 2.99. The average molecular weight is 256 g/mol. The Morgan fingerprint density at radius 1 is 0.684 bits per heavy atom. The highest BCUT2D eigenvalue weighted by Gasteiger charge is 2.02. The minimum absolute atomic E-state index is 0.791. The van der Waals surface area contributed by atoms with Gasteiger partial charge in [0, 0.05) is 17.8 Å². The summed E-state index contributed by atoms with van der Waals surface area (Å²) in [4.78, 5) is 0. The molecule has 2 heteroatoms. The first-order valence-electron chi connectivity index (χ1n) is 6.85. The van der Waals surface area contributed by atoms with Gasteiger partial charge < -0.3 is 11.5 Å². The lowest BCUT2D eigenvalue weighted by molar-refractivity contribution is 0.886. The molecule has 0 fully saturated rings. The molecule has 0 aliphatic carbocycles. The van der Waals surface area contributed by atoms with Crippen LogP contribution in [0.25, 0.3) is 0 Å². The van der Waals surface area contributed by atoms with Gasteiger partial charge in [0.2, 0.25) is 0 Å². The molecule has 0 saturated heterocycles. The van der Waals surface area contributed by atoms with E-state index in [4.69, 9.17) is 11.5 Å². The molecule has 2 aromatic carbocycles. The Balaban J connectivity index is 0.000000399. The first kappa shape index (κ1) is 15.1. The van der Waals surface area contributed by atoms with E-state index in [1.54, 1.807) is 0 Å². The summed E-state index contributed by atoms with van der Waals surface area (Å²) in [6.07, 6.45) is 3.43. The van der Waals surface area contributed by atoms with Gasteiger partial charge in [-0.3, -0.25) is 0 Å². The van der Waals surface area contributed by atoms with Crippen LogP contribution in [0.1, 0.15) is 37.8 Å². The third kappa shape index (κ3) is 5.04. The van der Waals surface area contributed by atoms with Crippen LogP contribution in [-0.4, -0.2) is 0 Å². The zero-order valence-electron chi connectivity index (χ0n) is 11.9. The van der Waals surface area contributed by atoms with Crippen LogP contribution in [0.4, 0.5) is 11.4 Å². The Kier molecular flexibility index (Phi) is 6.51. The zero-order chi connectivity index (χ0) is 14.1. The topological polar surface area (TPSA) is 52.0 Å². The van der Waals surface area contributed by atoms with Gasteiger partial charge in [-0.25, -0.2) is 0 Å². The van der Waals surface area contributed by atoms with Crippen LogP contribution in [0.5, 0.6) is 0 Å². The Hall–Kier alpha value is -1.96. The molecule has 2 aromatic rings. The molecule has 19 heavy (non-hydrogen) atoms. The average Bonchev–Trinajstić information content (AvgIpc) is 2.44. The van der Waals surface area contributed by atoms with Crippen molar-refractivity contribution in [2.24, 2.45) is 0 Å². The monoisotopic (exact) mass is 256 g/mol. The Labute approximate surface area is 116 Å². The van der Waals surface area contributed by atoms with Crippen molar-refractivity contribution in [1.29, 1.82) is 0 Å². The molecule has 0 heterocycles. The lowest BCUT2D eigenvalue weighted by atomic mass is 10.0. The van der Waals surface area contributed by atoms with Crippen LogP contribution < -0.4 is 11.5 Å². The molecule has 0 saturated carbocycles. The standard InChI is InChI=1S/C13H14N2.C4H10/c14-12-7-3-1-5-10(12)9-11-6-2-4-8-13(11)15;1-3-4-2/h1-8H,9,14-15H2;3-4H2,1-2H3. The molecule has 0 aliphatic heterocycles. The molecule has 102 valence electrons. The maximum absolute atomic E-state index is 5.88. The Bertz CT molecular complexity index is 447. The molecule has 2 rings (SSSR count). The number of para-hydroxylation sites is 2. The predicted octanol–water partition coefficient (Wildman–Crippen LogP) is 4.25. The van der Waals surface area contributed by atoms with Crippen molar-refractivity contribution in [3.8, 4) is 0 Å². The number of hydrogen-bond donors (Lipinski definition) is 2. The fourth-order valence-electron chi connectivity index (χ4n) is 1.60. The summed E-state index contributed by atoms with van der Waals surface area (Å²) < 4.78 is 0. The largest absolute Gasteiger partial charge is 0.398 e. The van der Waals surface area contributed by atoms with Crippen LogP contribution in [0, 0.1) is 0 Å². The number of nitrogens with two attached hydrogens (primary N) is 2. The van der Waals surface area contributed by atoms with Crippen LogP contribution in [0.2, 0.25) is 0 Å². The van der Waals surface area contributed by atoms with Crippen LogP contribution in [0.15, 0.2) is 48.5 Å². The normalized spacial score (nSPS) is 9.58. The summed E-state index contributed by atoms with van der Waals surface area (Å²) >= 11 is 0. The Morgan fingerprint density at radius 2 is 1.05 bits per heavy atom. The van der Waals surface area contributed by atoms with Crippen LogP contribution in [0.3, 0.4) is 0 Å². The predicted molar refractivity (Wildman–Crippen MR) is 85.1 cm³/mol. The second-order valence-corrected chi connectivity index (χ2v) is 4.57. The molecule has 0 amide bonds. The van der Waals surface area contributed by atoms with Crippen molar-refractivity contribution >= 4 is 11.4 Å². The van der Waals surface area contributed by atoms with Gasteiger partial charge in [-0.15, -0.1) is 0 Å². The first-order valence-corrected chi connectivity index (χ1v) is 6.85.